The van der Waals surface area contributed by atoms with E-state index in [0.29, 0.717) is 19.4 Å². The summed E-state index contributed by atoms with van der Waals surface area (Å²) >= 11 is 3.95. The van der Waals surface area contributed by atoms with Crippen molar-refractivity contribution in [2.75, 3.05) is 18.9 Å². The van der Waals surface area contributed by atoms with E-state index in [1.165, 1.54) is 0 Å². The first-order valence-electron chi connectivity index (χ1n) is 9.40. The van der Waals surface area contributed by atoms with Crippen molar-refractivity contribution >= 4 is 36.3 Å². The number of nitrogens with one attached hydrogen (secondary N) is 3. The molecule has 12 heteroatoms. The third kappa shape index (κ3) is 9.92. The molecule has 11 nitrogen and oxygen atoms in total. The molecule has 0 saturated heterocycles. The Labute approximate surface area is 175 Å². The highest BCUT2D eigenvalue weighted by molar-refractivity contribution is 7.80. The van der Waals surface area contributed by atoms with Crippen LogP contribution in [0, 0.1) is 5.92 Å². The van der Waals surface area contributed by atoms with E-state index in [1.54, 1.807) is 13.8 Å². The number of aliphatic hydroxyl groups is 1. The van der Waals surface area contributed by atoms with Gasteiger partial charge < -0.3 is 37.6 Å². The lowest BCUT2D eigenvalue weighted by atomic mass is 10.0. The van der Waals surface area contributed by atoms with Crippen molar-refractivity contribution in [2.24, 2.45) is 17.4 Å². The summed E-state index contributed by atoms with van der Waals surface area (Å²) in [6.45, 7) is 3.03. The molecule has 29 heavy (non-hydrogen) atoms. The summed E-state index contributed by atoms with van der Waals surface area (Å²) in [5.41, 5.74) is 11.1. The smallest absolute Gasteiger partial charge is 0.328 e. The number of hydrogen-bond acceptors (Lipinski definition) is 8. The predicted octanol–water partition coefficient (Wildman–Crippen LogP) is -2.44. The zero-order chi connectivity index (χ0) is 22.6. The first-order chi connectivity index (χ1) is 13.6. The molecular formula is C17H33N5O6S. The van der Waals surface area contributed by atoms with Gasteiger partial charge in [-0.05, 0) is 31.7 Å². The van der Waals surface area contributed by atoms with Crippen LogP contribution in [0.5, 0.6) is 0 Å². The number of nitrogens with two attached hydrogens (primary N) is 2. The number of amides is 3. The fourth-order valence-electron chi connectivity index (χ4n) is 2.36. The van der Waals surface area contributed by atoms with Crippen LogP contribution in [0.4, 0.5) is 0 Å². The number of aliphatic carboxylic acids is 1. The molecule has 4 atom stereocenters. The van der Waals surface area contributed by atoms with Crippen LogP contribution in [0.1, 0.15) is 33.1 Å². The van der Waals surface area contributed by atoms with Gasteiger partial charge in [0.2, 0.25) is 17.7 Å². The van der Waals surface area contributed by atoms with E-state index < -0.39 is 54.5 Å². The first kappa shape index (κ1) is 27.1. The molecule has 0 aromatic carbocycles. The summed E-state index contributed by atoms with van der Waals surface area (Å²) in [7, 11) is 0. The Bertz CT molecular complexity index is 562. The van der Waals surface area contributed by atoms with Crippen molar-refractivity contribution in [1.82, 2.24) is 16.0 Å². The van der Waals surface area contributed by atoms with Crippen molar-refractivity contribution in [3.05, 3.63) is 0 Å². The largest absolute Gasteiger partial charge is 0.480 e. The Morgan fingerprint density at radius 3 is 2.00 bits per heavy atom. The molecule has 0 radical (unpaired) electrons. The van der Waals surface area contributed by atoms with Crippen molar-refractivity contribution in [1.29, 1.82) is 0 Å². The second-order valence-electron chi connectivity index (χ2n) is 6.95. The third-order valence-corrected chi connectivity index (χ3v) is 4.55. The monoisotopic (exact) mass is 435 g/mol. The number of carboxylic acid groups (broad SMARTS) is 1. The van der Waals surface area contributed by atoms with Crippen molar-refractivity contribution < 1.29 is 29.4 Å². The molecule has 3 amide bonds. The van der Waals surface area contributed by atoms with Gasteiger partial charge in [-0.2, -0.15) is 12.6 Å². The van der Waals surface area contributed by atoms with Crippen LogP contribution in [0.15, 0.2) is 0 Å². The predicted molar refractivity (Wildman–Crippen MR) is 110 cm³/mol. The fraction of sp³-hybridized carbons (Fsp3) is 0.765. The van der Waals surface area contributed by atoms with Gasteiger partial charge in [-0.1, -0.05) is 13.8 Å². The number of thiol groups is 1. The summed E-state index contributed by atoms with van der Waals surface area (Å²) in [6, 6.07) is -4.40. The lowest BCUT2D eigenvalue weighted by Crippen LogP contribution is -2.58. The molecule has 0 heterocycles. The lowest BCUT2D eigenvalue weighted by Gasteiger charge is -2.26. The minimum Gasteiger partial charge on any atom is -0.480 e. The Hall–Kier alpha value is -1.89. The van der Waals surface area contributed by atoms with Gasteiger partial charge in [0.25, 0.3) is 0 Å². The van der Waals surface area contributed by atoms with Crippen LogP contribution in [0.25, 0.3) is 0 Å². The third-order valence-electron chi connectivity index (χ3n) is 4.16. The normalized spacial score (nSPS) is 15.1. The highest BCUT2D eigenvalue weighted by atomic mass is 32.1. The molecule has 0 unspecified atom stereocenters. The summed E-state index contributed by atoms with van der Waals surface area (Å²) in [5.74, 6) is -3.52. The number of unbranched alkanes of at least 4 members (excludes halogenated alkanes) is 1. The van der Waals surface area contributed by atoms with E-state index in [9.17, 15) is 19.2 Å². The molecule has 0 aromatic heterocycles. The molecule has 0 aliphatic rings. The number of aliphatic hydroxyl groups excluding tert-OH is 1. The summed E-state index contributed by atoms with van der Waals surface area (Å²) < 4.78 is 0. The molecule has 9 N–H and O–H groups in total. The average Bonchev–Trinajstić information content (AvgIpc) is 2.67. The molecule has 168 valence electrons. The molecule has 0 rings (SSSR count). The molecule has 0 saturated carbocycles. The number of carbonyl (C=O) groups excluding carboxylic acids is 3. The van der Waals surface area contributed by atoms with Gasteiger partial charge in [0, 0.05) is 5.75 Å². The molecule has 0 fully saturated rings. The van der Waals surface area contributed by atoms with E-state index in [4.69, 9.17) is 21.7 Å². The first-order valence-corrected chi connectivity index (χ1v) is 10.0. The number of carboxylic acids is 1. The van der Waals surface area contributed by atoms with E-state index in [-0.39, 0.29) is 18.1 Å². The Morgan fingerprint density at radius 1 is 0.966 bits per heavy atom. The van der Waals surface area contributed by atoms with Crippen molar-refractivity contribution in [3.8, 4) is 0 Å². The average molecular weight is 436 g/mol. The SMILES string of the molecule is CC(C)[C@H](NC(=O)[C@@H](N)CS)C(=O)N[C@@H](CCCCN)C(=O)N[C@@H](CO)C(=O)O. The maximum Gasteiger partial charge on any atom is 0.328 e. The molecule has 0 aromatic rings. The van der Waals surface area contributed by atoms with E-state index in [0.717, 1.165) is 0 Å². The standard InChI is InChI=1S/C17H33N5O6S/c1-9(2)13(22-14(24)10(19)8-29)16(26)20-11(5-3-4-6-18)15(25)21-12(7-23)17(27)28/h9-13,23,29H,3-8,18-19H2,1-2H3,(H,20,26)(H,21,25)(H,22,24)(H,27,28)/t10-,11-,12-,13-/m0/s1. The Morgan fingerprint density at radius 2 is 1.55 bits per heavy atom. The van der Waals surface area contributed by atoms with E-state index in [1.807, 2.05) is 0 Å². The summed E-state index contributed by atoms with van der Waals surface area (Å²) in [5, 5.41) is 25.4. The molecule has 0 aliphatic heterocycles. The molecule has 0 bridgehead atoms. The molecule has 0 spiro atoms. The van der Waals surface area contributed by atoms with Crippen LogP contribution < -0.4 is 27.4 Å². The maximum absolute atomic E-state index is 12.7. The van der Waals surface area contributed by atoms with Crippen LogP contribution in [-0.2, 0) is 19.2 Å². The molecule has 0 aliphatic carbocycles. The maximum atomic E-state index is 12.7. The van der Waals surface area contributed by atoms with Gasteiger partial charge in [0.15, 0.2) is 0 Å². The molecular weight excluding hydrogens is 402 g/mol. The van der Waals surface area contributed by atoms with Crippen LogP contribution in [-0.4, -0.2) is 77.0 Å². The van der Waals surface area contributed by atoms with Crippen LogP contribution in [0.3, 0.4) is 0 Å². The van der Waals surface area contributed by atoms with E-state index >= 15 is 0 Å². The summed E-state index contributed by atoms with van der Waals surface area (Å²) in [6.07, 6.45) is 1.32. The number of rotatable bonds is 14. The van der Waals surface area contributed by atoms with Crippen molar-refractivity contribution in [2.45, 2.75) is 57.3 Å². The van der Waals surface area contributed by atoms with Crippen molar-refractivity contribution in [3.63, 3.8) is 0 Å². The van der Waals surface area contributed by atoms with Gasteiger partial charge in [-0.25, -0.2) is 4.79 Å². The Kier molecular flexibility index (Phi) is 13.2. The van der Waals surface area contributed by atoms with E-state index in [2.05, 4.69) is 28.6 Å². The van der Waals surface area contributed by atoms with Gasteiger partial charge in [-0.15, -0.1) is 0 Å². The van der Waals surface area contributed by atoms with Gasteiger partial charge in [-0.3, -0.25) is 14.4 Å². The zero-order valence-electron chi connectivity index (χ0n) is 16.8. The topological polar surface area (TPSA) is 197 Å². The second kappa shape index (κ2) is 14.1. The highest BCUT2D eigenvalue weighted by Crippen LogP contribution is 2.07. The van der Waals surface area contributed by atoms with Gasteiger partial charge in [0.1, 0.15) is 18.1 Å². The number of carbonyl (C=O) groups is 4. The quantitative estimate of drug-likeness (QED) is 0.109. The van der Waals surface area contributed by atoms with Gasteiger partial charge >= 0.3 is 5.97 Å². The number of hydrogen-bond donors (Lipinski definition) is 8. The minimum atomic E-state index is -1.50. The summed E-state index contributed by atoms with van der Waals surface area (Å²) in [4.78, 5) is 48.2. The van der Waals surface area contributed by atoms with Gasteiger partial charge in [0.05, 0.1) is 12.6 Å². The Balaban J connectivity index is 5.29. The lowest BCUT2D eigenvalue weighted by molar-refractivity contribution is -0.143. The second-order valence-corrected chi connectivity index (χ2v) is 7.31. The zero-order valence-corrected chi connectivity index (χ0v) is 17.7. The highest BCUT2D eigenvalue weighted by Gasteiger charge is 2.31. The van der Waals surface area contributed by atoms with Crippen LogP contribution in [0.2, 0.25) is 0 Å². The van der Waals surface area contributed by atoms with Crippen LogP contribution >= 0.6 is 12.6 Å². The minimum absolute atomic E-state index is 0.0973. The fourth-order valence-corrected chi connectivity index (χ4v) is 2.52.